The van der Waals surface area contributed by atoms with Gasteiger partial charge < -0.3 is 4.74 Å². The number of methoxy groups -OCH3 is 1. The second-order valence-corrected chi connectivity index (χ2v) is 8.21. The lowest BCUT2D eigenvalue weighted by molar-refractivity contribution is 0.0599. The van der Waals surface area contributed by atoms with Gasteiger partial charge in [0.2, 0.25) is 0 Å². The minimum absolute atomic E-state index is 0.224. The average Bonchev–Trinajstić information content (AvgIpc) is 2.60. The fourth-order valence-corrected chi connectivity index (χ4v) is 4.67. The maximum Gasteiger partial charge on any atom is 0.338 e. The van der Waals surface area contributed by atoms with Crippen molar-refractivity contribution >= 4 is 37.6 Å². The van der Waals surface area contributed by atoms with Gasteiger partial charge in [0.15, 0.2) is 0 Å². The Morgan fingerprint density at radius 2 is 1.88 bits per heavy atom. The fourth-order valence-electron chi connectivity index (χ4n) is 2.88. The van der Waals surface area contributed by atoms with Crippen LogP contribution in [0.2, 0.25) is 0 Å². The highest BCUT2D eigenvalue weighted by atomic mass is 79.9. The van der Waals surface area contributed by atoms with Crippen molar-refractivity contribution in [3.63, 3.8) is 0 Å². The quantitative estimate of drug-likeness (QED) is 0.728. The van der Waals surface area contributed by atoms with Crippen LogP contribution in [0.3, 0.4) is 0 Å². The summed E-state index contributed by atoms with van der Waals surface area (Å²) < 4.78 is 33.0. The highest BCUT2D eigenvalue weighted by Gasteiger charge is 2.31. The van der Waals surface area contributed by atoms with Gasteiger partial charge in [-0.25, -0.2) is 13.2 Å². The van der Waals surface area contributed by atoms with Crippen LogP contribution in [0.1, 0.15) is 22.3 Å². The van der Waals surface area contributed by atoms with Gasteiger partial charge in [0, 0.05) is 11.0 Å². The fraction of sp³-hybridized carbons (Fsp3) is 0.235. The van der Waals surface area contributed by atoms with E-state index in [0.29, 0.717) is 30.6 Å². The number of carbonyl (C=O) groups is 1. The number of carbonyl (C=O) groups excluding carboxylic acids is 1. The molecule has 7 heteroatoms. The largest absolute Gasteiger partial charge is 0.465 e. The zero-order valence-corrected chi connectivity index (χ0v) is 15.4. The molecule has 0 amide bonds. The number of sulfonamides is 1. The number of anilines is 1. The van der Waals surface area contributed by atoms with Crippen molar-refractivity contribution in [2.75, 3.05) is 18.0 Å². The molecular weight excluding hydrogens is 394 g/mol. The molecule has 5 nitrogen and oxygen atoms in total. The molecule has 0 saturated carbocycles. The van der Waals surface area contributed by atoms with Crippen molar-refractivity contribution in [1.82, 2.24) is 0 Å². The van der Waals surface area contributed by atoms with E-state index in [-0.39, 0.29) is 4.90 Å². The van der Waals surface area contributed by atoms with Crippen LogP contribution in [-0.2, 0) is 21.2 Å². The Kier molecular flexibility index (Phi) is 4.64. The topological polar surface area (TPSA) is 63.7 Å². The van der Waals surface area contributed by atoms with Crippen LogP contribution in [0.25, 0.3) is 0 Å². The van der Waals surface area contributed by atoms with Gasteiger partial charge in [0.25, 0.3) is 10.0 Å². The molecule has 0 radical (unpaired) electrons. The van der Waals surface area contributed by atoms with Crippen molar-refractivity contribution in [1.29, 1.82) is 0 Å². The van der Waals surface area contributed by atoms with Gasteiger partial charge in [-0.3, -0.25) is 4.31 Å². The number of nitrogens with zero attached hydrogens (tertiary/aromatic N) is 1. The van der Waals surface area contributed by atoms with E-state index < -0.39 is 16.0 Å². The third kappa shape index (κ3) is 2.93. The summed E-state index contributed by atoms with van der Waals surface area (Å²) in [5, 5.41) is 0. The van der Waals surface area contributed by atoms with Crippen molar-refractivity contribution < 1.29 is 17.9 Å². The van der Waals surface area contributed by atoms with E-state index in [1.165, 1.54) is 11.4 Å². The Labute approximate surface area is 149 Å². The average molecular weight is 410 g/mol. The summed E-state index contributed by atoms with van der Waals surface area (Å²) in [6, 6.07) is 11.6. The molecule has 3 rings (SSSR count). The SMILES string of the molecule is COC(=O)c1cccc2c1CCCN2S(=O)(=O)c1ccc(Br)cc1. The molecule has 0 atom stereocenters. The van der Waals surface area contributed by atoms with Gasteiger partial charge in [0.05, 0.1) is 23.3 Å². The lowest BCUT2D eigenvalue weighted by Gasteiger charge is -2.31. The Bertz CT molecular complexity index is 878. The van der Waals surface area contributed by atoms with E-state index in [1.54, 1.807) is 42.5 Å². The maximum absolute atomic E-state index is 13.0. The minimum atomic E-state index is -3.68. The van der Waals surface area contributed by atoms with Gasteiger partial charge in [-0.05, 0) is 54.8 Å². The van der Waals surface area contributed by atoms with Crippen LogP contribution in [0.15, 0.2) is 51.8 Å². The molecule has 0 bridgehead atoms. The molecule has 0 aromatic heterocycles. The maximum atomic E-state index is 13.0. The molecule has 24 heavy (non-hydrogen) atoms. The third-order valence-electron chi connectivity index (χ3n) is 4.01. The summed E-state index contributed by atoms with van der Waals surface area (Å²) in [6.07, 6.45) is 1.30. The second-order valence-electron chi connectivity index (χ2n) is 5.43. The van der Waals surface area contributed by atoms with Gasteiger partial charge >= 0.3 is 5.97 Å². The lowest BCUT2D eigenvalue weighted by Crippen LogP contribution is -2.36. The Morgan fingerprint density at radius 3 is 2.54 bits per heavy atom. The molecule has 1 aliphatic heterocycles. The van der Waals surface area contributed by atoms with E-state index >= 15 is 0 Å². The summed E-state index contributed by atoms with van der Waals surface area (Å²) in [5.74, 6) is -0.449. The predicted molar refractivity (Wildman–Crippen MR) is 94.8 cm³/mol. The first kappa shape index (κ1) is 17.0. The molecule has 0 N–H and O–H groups in total. The molecule has 2 aromatic rings. The molecule has 1 aliphatic rings. The molecule has 1 heterocycles. The minimum Gasteiger partial charge on any atom is -0.465 e. The summed E-state index contributed by atoms with van der Waals surface area (Å²) in [5.41, 5.74) is 1.69. The summed E-state index contributed by atoms with van der Waals surface area (Å²) in [6.45, 7) is 0.385. The van der Waals surface area contributed by atoms with Crippen molar-refractivity contribution in [2.45, 2.75) is 17.7 Å². The number of halogens is 1. The summed E-state index contributed by atoms with van der Waals surface area (Å²) in [4.78, 5) is 12.2. The normalized spacial score (nSPS) is 14.2. The first-order valence-electron chi connectivity index (χ1n) is 7.43. The van der Waals surface area contributed by atoms with Crippen LogP contribution in [0, 0.1) is 0 Å². The van der Waals surface area contributed by atoms with E-state index in [4.69, 9.17) is 4.74 Å². The molecule has 0 spiro atoms. The van der Waals surface area contributed by atoms with Crippen LogP contribution in [0.4, 0.5) is 5.69 Å². The lowest BCUT2D eigenvalue weighted by atomic mass is 9.98. The standard InChI is InChI=1S/C17H16BrNO4S/c1-23-17(20)15-4-2-6-16-14(15)5-3-11-19(16)24(21,22)13-9-7-12(18)8-10-13/h2,4,6-10H,3,5,11H2,1H3. The Balaban J connectivity index is 2.10. The molecule has 0 fully saturated rings. The van der Waals surface area contributed by atoms with Crippen molar-refractivity contribution in [3.05, 3.63) is 58.1 Å². The van der Waals surface area contributed by atoms with E-state index in [2.05, 4.69) is 15.9 Å². The zero-order chi connectivity index (χ0) is 17.3. The molecule has 0 saturated heterocycles. The van der Waals surface area contributed by atoms with E-state index in [9.17, 15) is 13.2 Å². The number of hydrogen-bond acceptors (Lipinski definition) is 4. The van der Waals surface area contributed by atoms with Gasteiger partial charge in [-0.2, -0.15) is 0 Å². The Morgan fingerprint density at radius 1 is 1.17 bits per heavy atom. The predicted octanol–water partition coefficient (Wildman–Crippen LogP) is 3.38. The van der Waals surface area contributed by atoms with Crippen molar-refractivity contribution in [2.24, 2.45) is 0 Å². The van der Waals surface area contributed by atoms with E-state index in [0.717, 1.165) is 10.0 Å². The van der Waals surface area contributed by atoms with E-state index in [1.807, 2.05) is 0 Å². The number of rotatable bonds is 3. The molecule has 0 aliphatic carbocycles. The third-order valence-corrected chi connectivity index (χ3v) is 6.37. The van der Waals surface area contributed by atoms with Gasteiger partial charge in [0.1, 0.15) is 0 Å². The molecular formula is C17H16BrNO4S. The number of ether oxygens (including phenoxy) is 1. The van der Waals surface area contributed by atoms with Crippen LogP contribution in [-0.4, -0.2) is 28.0 Å². The monoisotopic (exact) mass is 409 g/mol. The first-order valence-corrected chi connectivity index (χ1v) is 9.67. The Hall–Kier alpha value is -1.86. The second kappa shape index (κ2) is 6.57. The number of hydrogen-bond donors (Lipinski definition) is 0. The molecule has 2 aromatic carbocycles. The number of esters is 1. The highest BCUT2D eigenvalue weighted by Crippen LogP contribution is 2.34. The van der Waals surface area contributed by atoms with Crippen LogP contribution >= 0.6 is 15.9 Å². The smallest absolute Gasteiger partial charge is 0.338 e. The summed E-state index contributed by atoms with van der Waals surface area (Å²) in [7, 11) is -2.36. The molecule has 0 unspecified atom stereocenters. The zero-order valence-electron chi connectivity index (χ0n) is 13.0. The highest BCUT2D eigenvalue weighted by molar-refractivity contribution is 9.10. The summed E-state index contributed by atoms with van der Waals surface area (Å²) >= 11 is 3.31. The van der Waals surface area contributed by atoms with Crippen molar-refractivity contribution in [3.8, 4) is 0 Å². The van der Waals surface area contributed by atoms with Gasteiger partial charge in [-0.15, -0.1) is 0 Å². The van der Waals surface area contributed by atoms with Crippen LogP contribution in [0.5, 0.6) is 0 Å². The molecule has 126 valence electrons. The van der Waals surface area contributed by atoms with Gasteiger partial charge in [-0.1, -0.05) is 22.0 Å². The van der Waals surface area contributed by atoms with Crippen LogP contribution < -0.4 is 4.31 Å². The number of benzene rings is 2. The number of fused-ring (bicyclic) bond motifs is 1. The first-order chi connectivity index (χ1) is 11.4.